The second-order valence-corrected chi connectivity index (χ2v) is 6.48. The lowest BCUT2D eigenvalue weighted by Crippen LogP contribution is -2.49. The molecule has 20 heavy (non-hydrogen) atoms. The maximum absolute atomic E-state index is 12.8. The Bertz CT molecular complexity index is 381. The summed E-state index contributed by atoms with van der Waals surface area (Å²) in [5.74, 6) is 0.971. The molecule has 2 amide bonds. The number of carbonyl (C=O) groups excluding carboxylic acids is 2. The first kappa shape index (κ1) is 15.3. The van der Waals surface area contributed by atoms with Gasteiger partial charge in [-0.1, -0.05) is 6.92 Å². The molecule has 2 aliphatic rings. The molecule has 2 saturated carbocycles. The average molecular weight is 281 g/mol. The zero-order valence-corrected chi connectivity index (χ0v) is 12.8. The number of hydrogen-bond acceptors (Lipinski definition) is 3. The van der Waals surface area contributed by atoms with E-state index in [2.05, 4.69) is 0 Å². The number of amides is 2. The van der Waals surface area contributed by atoms with Crippen molar-refractivity contribution in [2.24, 2.45) is 23.5 Å². The second kappa shape index (κ2) is 6.12. The average Bonchev–Trinajstić information content (AvgIpc) is 2.98. The van der Waals surface area contributed by atoms with Gasteiger partial charge in [0.25, 0.3) is 0 Å². The van der Waals surface area contributed by atoms with E-state index in [1.165, 1.54) is 11.3 Å². The Kier molecular flexibility index (Phi) is 4.68. The Hall–Kier alpha value is -1.10. The van der Waals surface area contributed by atoms with Crippen LogP contribution in [0.5, 0.6) is 0 Å². The summed E-state index contributed by atoms with van der Waals surface area (Å²) in [5, 5.41) is 0. The smallest absolute Gasteiger partial charge is 0.241 e. The minimum atomic E-state index is -0.0599. The lowest BCUT2D eigenvalue weighted by atomic mass is 9.84. The van der Waals surface area contributed by atoms with Crippen molar-refractivity contribution in [3.05, 3.63) is 0 Å². The Morgan fingerprint density at radius 1 is 1.20 bits per heavy atom. The molecule has 2 N–H and O–H groups in total. The monoisotopic (exact) mass is 281 g/mol. The molecule has 0 aromatic rings. The van der Waals surface area contributed by atoms with Gasteiger partial charge in [0.05, 0.1) is 12.5 Å². The molecule has 0 aromatic carbocycles. The predicted molar refractivity (Wildman–Crippen MR) is 77.9 cm³/mol. The molecule has 2 aliphatic carbocycles. The van der Waals surface area contributed by atoms with Gasteiger partial charge in [0, 0.05) is 26.7 Å². The van der Waals surface area contributed by atoms with Gasteiger partial charge in [-0.3, -0.25) is 9.59 Å². The maximum Gasteiger partial charge on any atom is 0.241 e. The molecule has 0 spiro atoms. The van der Waals surface area contributed by atoms with Gasteiger partial charge in [-0.25, -0.2) is 0 Å². The fraction of sp³-hybridized carbons (Fsp3) is 0.867. The Balaban J connectivity index is 2.05. The number of likely N-dealkylation sites (N-methyl/N-ethyl adjacent to an activating group) is 1. The summed E-state index contributed by atoms with van der Waals surface area (Å²) >= 11 is 0. The molecular formula is C15H27N3O2. The minimum absolute atomic E-state index is 0.00457. The SMILES string of the molecule is CCCN(CC(=O)N(C)C)C(=O)C1C2CCC(C2)C1N. The largest absolute Gasteiger partial charge is 0.347 e. The summed E-state index contributed by atoms with van der Waals surface area (Å²) < 4.78 is 0. The highest BCUT2D eigenvalue weighted by Crippen LogP contribution is 2.48. The summed E-state index contributed by atoms with van der Waals surface area (Å²) in [6.07, 6.45) is 4.25. The van der Waals surface area contributed by atoms with Gasteiger partial charge >= 0.3 is 0 Å². The molecule has 114 valence electrons. The summed E-state index contributed by atoms with van der Waals surface area (Å²) in [7, 11) is 3.44. The van der Waals surface area contributed by atoms with E-state index in [9.17, 15) is 9.59 Å². The first-order valence-electron chi connectivity index (χ1n) is 7.70. The maximum atomic E-state index is 12.8. The van der Waals surface area contributed by atoms with Crippen molar-refractivity contribution in [1.82, 2.24) is 9.80 Å². The van der Waals surface area contributed by atoms with Crippen molar-refractivity contribution in [3.8, 4) is 0 Å². The molecular weight excluding hydrogens is 254 g/mol. The molecule has 0 aliphatic heterocycles. The highest BCUT2D eigenvalue weighted by atomic mass is 16.2. The van der Waals surface area contributed by atoms with Crippen LogP contribution < -0.4 is 5.73 Å². The van der Waals surface area contributed by atoms with Gasteiger partial charge in [-0.05, 0) is 37.5 Å². The number of fused-ring (bicyclic) bond motifs is 2. The number of rotatable bonds is 5. The number of nitrogens with zero attached hydrogens (tertiary/aromatic N) is 2. The van der Waals surface area contributed by atoms with Crippen LogP contribution in [0.15, 0.2) is 0 Å². The third-order valence-electron chi connectivity index (χ3n) is 4.90. The van der Waals surface area contributed by atoms with E-state index in [4.69, 9.17) is 5.73 Å². The molecule has 5 heteroatoms. The normalized spacial score (nSPS) is 31.4. The standard InChI is InChI=1S/C15H27N3O2/c1-4-7-18(9-12(19)17(2)3)15(20)13-10-5-6-11(8-10)14(13)16/h10-11,13-14H,4-9,16H2,1-3H3. The third kappa shape index (κ3) is 2.82. The topological polar surface area (TPSA) is 66.6 Å². The van der Waals surface area contributed by atoms with E-state index in [1.54, 1.807) is 19.0 Å². The van der Waals surface area contributed by atoms with E-state index < -0.39 is 0 Å². The molecule has 4 unspecified atom stereocenters. The Morgan fingerprint density at radius 3 is 2.35 bits per heavy atom. The minimum Gasteiger partial charge on any atom is -0.347 e. The molecule has 0 saturated heterocycles. The first-order chi connectivity index (χ1) is 9.45. The zero-order valence-electron chi connectivity index (χ0n) is 12.8. The number of nitrogens with two attached hydrogens (primary N) is 1. The van der Waals surface area contributed by atoms with Crippen LogP contribution in [-0.2, 0) is 9.59 Å². The van der Waals surface area contributed by atoms with Crippen LogP contribution in [0.2, 0.25) is 0 Å². The first-order valence-corrected chi connectivity index (χ1v) is 7.70. The van der Waals surface area contributed by atoms with E-state index in [0.29, 0.717) is 18.4 Å². The quantitative estimate of drug-likeness (QED) is 0.806. The van der Waals surface area contributed by atoms with Crippen LogP contribution >= 0.6 is 0 Å². The number of hydrogen-bond donors (Lipinski definition) is 1. The Morgan fingerprint density at radius 2 is 1.85 bits per heavy atom. The highest BCUT2D eigenvalue weighted by molar-refractivity contribution is 5.86. The molecule has 5 nitrogen and oxygen atoms in total. The summed E-state index contributed by atoms with van der Waals surface area (Å²) in [5.41, 5.74) is 6.25. The second-order valence-electron chi connectivity index (χ2n) is 6.48. The fourth-order valence-electron chi connectivity index (χ4n) is 3.75. The molecule has 0 radical (unpaired) electrons. The van der Waals surface area contributed by atoms with E-state index in [-0.39, 0.29) is 30.3 Å². The van der Waals surface area contributed by atoms with Crippen molar-refractivity contribution < 1.29 is 9.59 Å². The lowest BCUT2D eigenvalue weighted by molar-refractivity contribution is -0.143. The van der Waals surface area contributed by atoms with Gasteiger partial charge in [-0.15, -0.1) is 0 Å². The van der Waals surface area contributed by atoms with Crippen molar-refractivity contribution in [2.75, 3.05) is 27.2 Å². The van der Waals surface area contributed by atoms with E-state index in [1.807, 2.05) is 6.92 Å². The molecule has 2 bridgehead atoms. The summed E-state index contributed by atoms with van der Waals surface area (Å²) in [4.78, 5) is 27.9. The van der Waals surface area contributed by atoms with Crippen LogP contribution in [0.4, 0.5) is 0 Å². The molecule has 0 heterocycles. The fourth-order valence-corrected chi connectivity index (χ4v) is 3.75. The van der Waals surface area contributed by atoms with Gasteiger partial charge in [0.2, 0.25) is 11.8 Å². The van der Waals surface area contributed by atoms with Gasteiger partial charge in [0.15, 0.2) is 0 Å². The summed E-state index contributed by atoms with van der Waals surface area (Å²) in [6.45, 7) is 2.85. The molecule has 4 atom stereocenters. The van der Waals surface area contributed by atoms with Crippen LogP contribution in [0.25, 0.3) is 0 Å². The van der Waals surface area contributed by atoms with Crippen LogP contribution in [0, 0.1) is 17.8 Å². The third-order valence-corrected chi connectivity index (χ3v) is 4.90. The van der Waals surface area contributed by atoms with Crippen molar-refractivity contribution in [2.45, 2.75) is 38.6 Å². The molecule has 2 fully saturated rings. The van der Waals surface area contributed by atoms with Crippen molar-refractivity contribution >= 4 is 11.8 Å². The van der Waals surface area contributed by atoms with E-state index in [0.717, 1.165) is 19.3 Å². The molecule has 2 rings (SSSR count). The van der Waals surface area contributed by atoms with Crippen LogP contribution in [-0.4, -0.2) is 54.8 Å². The lowest BCUT2D eigenvalue weighted by Gasteiger charge is -2.32. The van der Waals surface area contributed by atoms with Crippen molar-refractivity contribution in [3.63, 3.8) is 0 Å². The highest BCUT2D eigenvalue weighted by Gasteiger charge is 2.50. The van der Waals surface area contributed by atoms with Crippen molar-refractivity contribution in [1.29, 1.82) is 0 Å². The number of carbonyl (C=O) groups is 2. The Labute approximate surface area is 121 Å². The zero-order chi connectivity index (χ0) is 14.9. The van der Waals surface area contributed by atoms with Gasteiger partial charge in [-0.2, -0.15) is 0 Å². The van der Waals surface area contributed by atoms with Crippen LogP contribution in [0.3, 0.4) is 0 Å². The summed E-state index contributed by atoms with van der Waals surface area (Å²) in [6, 6.07) is -0.00457. The van der Waals surface area contributed by atoms with E-state index >= 15 is 0 Å². The van der Waals surface area contributed by atoms with Gasteiger partial charge < -0.3 is 15.5 Å². The predicted octanol–water partition coefficient (Wildman–Crippen LogP) is 0.687. The van der Waals surface area contributed by atoms with Crippen LogP contribution in [0.1, 0.15) is 32.6 Å². The van der Waals surface area contributed by atoms with Gasteiger partial charge in [0.1, 0.15) is 0 Å². The molecule has 0 aromatic heterocycles.